The zero-order valence-corrected chi connectivity index (χ0v) is 30.2. The molecule has 55 heavy (non-hydrogen) atoms. The Morgan fingerprint density at radius 3 is 1.98 bits per heavy atom. The third kappa shape index (κ3) is 8.08. The maximum atomic E-state index is 13.1. The van der Waals surface area contributed by atoms with Crippen LogP contribution in [0.15, 0.2) is 127 Å². The monoisotopic (exact) mass is 734 g/mol. The minimum absolute atomic E-state index is 0.233. The number of carboxylic acids is 1. The van der Waals surface area contributed by atoms with E-state index in [0.29, 0.717) is 54.4 Å². The van der Waals surface area contributed by atoms with Crippen molar-refractivity contribution in [3.8, 4) is 22.3 Å². The molecular weight excluding hydrogens is 697 g/mol. The van der Waals surface area contributed by atoms with Crippen LogP contribution >= 0.6 is 0 Å². The summed E-state index contributed by atoms with van der Waals surface area (Å²) >= 11 is 0. The maximum absolute atomic E-state index is 13.1. The highest BCUT2D eigenvalue weighted by atomic mass is 16.5. The first-order valence-corrected chi connectivity index (χ1v) is 17.6. The van der Waals surface area contributed by atoms with Crippen molar-refractivity contribution in [1.29, 1.82) is 0 Å². The highest BCUT2D eigenvalue weighted by molar-refractivity contribution is 6.09. The minimum Gasteiger partial charge on any atom is -0.478 e. The van der Waals surface area contributed by atoms with Gasteiger partial charge in [-0.3, -0.25) is 9.48 Å². The highest BCUT2D eigenvalue weighted by Crippen LogP contribution is 2.34. The number of methoxy groups -OCH3 is 2. The number of ether oxygens (including phenoxy) is 3. The molecule has 1 heterocycles. The number of carbonyl (C=O) groups is 3. The molecule has 0 aliphatic heterocycles. The van der Waals surface area contributed by atoms with E-state index < -0.39 is 11.9 Å². The molecule has 0 aliphatic rings. The Kier molecular flexibility index (Phi) is 10.9. The summed E-state index contributed by atoms with van der Waals surface area (Å²) in [4.78, 5) is 36.8. The van der Waals surface area contributed by atoms with Crippen LogP contribution in [0.3, 0.4) is 0 Å². The summed E-state index contributed by atoms with van der Waals surface area (Å²) in [6.45, 7) is 1.89. The minimum atomic E-state index is -0.984. The second kappa shape index (κ2) is 16.5. The third-order valence-electron chi connectivity index (χ3n) is 9.30. The first-order valence-electron chi connectivity index (χ1n) is 17.6. The number of nitrogens with zero attached hydrogens (tertiary/aromatic N) is 2. The van der Waals surface area contributed by atoms with Crippen LogP contribution in [0.1, 0.15) is 31.1 Å². The average molecular weight is 735 g/mol. The SMILES string of the molecule is COCCOCCn1nc(Nc2ccc(C(=O)O)c3ccccc23)c2ccc(-c3ccc(NC(=O)c4ccc(-c5ccc(C(=O)OC)cc5)cc4)cc3)cc21. The van der Waals surface area contributed by atoms with E-state index in [-0.39, 0.29) is 11.5 Å². The van der Waals surface area contributed by atoms with Crippen LogP contribution in [0.2, 0.25) is 0 Å². The van der Waals surface area contributed by atoms with Crippen molar-refractivity contribution in [2.75, 3.05) is 44.7 Å². The third-order valence-corrected chi connectivity index (χ3v) is 9.30. The lowest BCUT2D eigenvalue weighted by atomic mass is 10.0. The number of nitrogens with one attached hydrogen (secondary N) is 2. The van der Waals surface area contributed by atoms with Gasteiger partial charge in [-0.05, 0) is 88.3 Å². The van der Waals surface area contributed by atoms with E-state index in [4.69, 9.17) is 19.3 Å². The fourth-order valence-corrected chi connectivity index (χ4v) is 6.41. The number of aromatic nitrogens is 2. The Morgan fingerprint density at radius 2 is 1.31 bits per heavy atom. The highest BCUT2D eigenvalue weighted by Gasteiger charge is 2.16. The fraction of sp³-hybridized carbons (Fsp3) is 0.136. The Labute approximate surface area is 317 Å². The number of hydrogen-bond donors (Lipinski definition) is 3. The molecule has 0 aliphatic carbocycles. The van der Waals surface area contributed by atoms with E-state index in [9.17, 15) is 19.5 Å². The first kappa shape index (κ1) is 36.5. The standard InChI is InChI=1S/C44H38N4O7/c1-53-25-26-55-24-23-48-40-27-33(17-20-38(40)41(47-48)46-39-22-21-37(43(50)51)35-5-3-4-6-36(35)39)30-15-18-34(19-16-30)45-42(49)31-11-7-28(8-12-31)29-9-13-32(14-10-29)44(52)54-2/h3-22,27H,23-26H2,1-2H3,(H,45,49)(H,46,47)(H,50,51). The molecule has 11 heteroatoms. The number of fused-ring (bicyclic) bond motifs is 2. The van der Waals surface area contributed by atoms with Crippen LogP contribution in [0.25, 0.3) is 43.9 Å². The smallest absolute Gasteiger partial charge is 0.337 e. The molecule has 0 saturated carbocycles. The number of rotatable bonds is 14. The summed E-state index contributed by atoms with van der Waals surface area (Å²) < 4.78 is 17.6. The number of benzene rings is 6. The average Bonchev–Trinajstić information content (AvgIpc) is 3.56. The molecule has 0 saturated heterocycles. The Morgan fingerprint density at radius 1 is 0.673 bits per heavy atom. The van der Waals surface area contributed by atoms with Gasteiger partial charge in [-0.1, -0.05) is 66.7 Å². The first-order chi connectivity index (χ1) is 26.8. The van der Waals surface area contributed by atoms with E-state index >= 15 is 0 Å². The van der Waals surface area contributed by atoms with Gasteiger partial charge in [0.2, 0.25) is 0 Å². The normalized spacial score (nSPS) is 11.1. The number of aromatic carboxylic acids is 1. The number of anilines is 3. The van der Waals surface area contributed by atoms with E-state index in [1.807, 2.05) is 83.5 Å². The molecule has 0 spiro atoms. The van der Waals surface area contributed by atoms with Gasteiger partial charge in [0.05, 0.1) is 50.1 Å². The lowest BCUT2D eigenvalue weighted by Crippen LogP contribution is -2.11. The number of carbonyl (C=O) groups excluding carboxylic acids is 2. The van der Waals surface area contributed by atoms with Gasteiger partial charge in [0.1, 0.15) is 0 Å². The topological polar surface area (TPSA) is 141 Å². The van der Waals surface area contributed by atoms with Crippen molar-refractivity contribution < 1.29 is 33.7 Å². The summed E-state index contributed by atoms with van der Waals surface area (Å²) in [6.07, 6.45) is 0. The van der Waals surface area contributed by atoms with E-state index in [0.717, 1.165) is 44.2 Å². The molecule has 7 rings (SSSR count). The number of esters is 1. The van der Waals surface area contributed by atoms with Gasteiger partial charge >= 0.3 is 11.9 Å². The molecule has 0 unspecified atom stereocenters. The van der Waals surface area contributed by atoms with Gasteiger partial charge in [0.15, 0.2) is 5.82 Å². The maximum Gasteiger partial charge on any atom is 0.337 e. The fourth-order valence-electron chi connectivity index (χ4n) is 6.41. The summed E-state index contributed by atoms with van der Waals surface area (Å²) in [5.41, 5.74) is 7.26. The Bertz CT molecular complexity index is 2490. The molecule has 1 amide bonds. The zero-order chi connectivity index (χ0) is 38.3. The number of carboxylic acid groups (broad SMARTS) is 1. The van der Waals surface area contributed by atoms with Gasteiger partial charge in [-0.15, -0.1) is 0 Å². The predicted molar refractivity (Wildman–Crippen MR) is 213 cm³/mol. The zero-order valence-electron chi connectivity index (χ0n) is 30.2. The van der Waals surface area contributed by atoms with Gasteiger partial charge in [0.25, 0.3) is 5.91 Å². The van der Waals surface area contributed by atoms with E-state index in [2.05, 4.69) is 16.7 Å². The number of hydrogen-bond acceptors (Lipinski definition) is 8. The van der Waals surface area contributed by atoms with Crippen LogP contribution < -0.4 is 10.6 Å². The van der Waals surface area contributed by atoms with Crippen molar-refractivity contribution in [2.45, 2.75) is 6.54 Å². The summed E-state index contributed by atoms with van der Waals surface area (Å²) in [5, 5.41) is 23.4. The van der Waals surface area contributed by atoms with Crippen LogP contribution in [0.5, 0.6) is 0 Å². The van der Waals surface area contributed by atoms with Gasteiger partial charge in [0, 0.05) is 34.8 Å². The quantitative estimate of drug-likeness (QED) is 0.0739. The van der Waals surface area contributed by atoms with Crippen LogP contribution in [-0.2, 0) is 20.8 Å². The largest absolute Gasteiger partial charge is 0.478 e. The lowest BCUT2D eigenvalue weighted by molar-refractivity contribution is 0.0599. The summed E-state index contributed by atoms with van der Waals surface area (Å²) in [6, 6.07) is 38.9. The molecule has 0 bridgehead atoms. The van der Waals surface area contributed by atoms with Gasteiger partial charge in [-0.2, -0.15) is 5.10 Å². The van der Waals surface area contributed by atoms with Gasteiger partial charge < -0.3 is 30.0 Å². The molecule has 0 atom stereocenters. The lowest BCUT2D eigenvalue weighted by Gasteiger charge is -2.10. The van der Waals surface area contributed by atoms with Crippen molar-refractivity contribution in [3.63, 3.8) is 0 Å². The molecule has 1 aromatic heterocycles. The molecular formula is C44H38N4O7. The van der Waals surface area contributed by atoms with E-state index in [1.54, 1.807) is 49.6 Å². The summed E-state index contributed by atoms with van der Waals surface area (Å²) in [5.74, 6) is -0.975. The molecule has 11 nitrogen and oxygen atoms in total. The molecule has 6 aromatic carbocycles. The van der Waals surface area contributed by atoms with Gasteiger partial charge in [-0.25, -0.2) is 9.59 Å². The number of amides is 1. The molecule has 0 radical (unpaired) electrons. The molecule has 7 aromatic rings. The van der Waals surface area contributed by atoms with Crippen molar-refractivity contribution in [3.05, 3.63) is 144 Å². The second-order valence-electron chi connectivity index (χ2n) is 12.7. The van der Waals surface area contributed by atoms with Crippen molar-refractivity contribution in [1.82, 2.24) is 9.78 Å². The summed E-state index contributed by atoms with van der Waals surface area (Å²) in [7, 11) is 2.98. The van der Waals surface area contributed by atoms with Crippen LogP contribution in [-0.4, -0.2) is 66.8 Å². The molecule has 276 valence electrons. The molecule has 0 fully saturated rings. The predicted octanol–water partition coefficient (Wildman–Crippen LogP) is 8.67. The van der Waals surface area contributed by atoms with E-state index in [1.165, 1.54) is 7.11 Å². The Balaban J connectivity index is 1.09. The van der Waals surface area contributed by atoms with Crippen molar-refractivity contribution >= 4 is 56.7 Å². The molecule has 3 N–H and O–H groups in total. The second-order valence-corrected chi connectivity index (χ2v) is 12.7. The van der Waals surface area contributed by atoms with Crippen LogP contribution in [0, 0.1) is 0 Å². The Hall–Kier alpha value is -6.82. The van der Waals surface area contributed by atoms with Crippen molar-refractivity contribution in [2.24, 2.45) is 0 Å². The van der Waals surface area contributed by atoms with Crippen LogP contribution in [0.4, 0.5) is 17.2 Å².